The number of para-hydroxylation sites is 1. The fraction of sp³-hybridized carbons (Fsp3) is 0.367. The minimum absolute atomic E-state index is 0.00978. The molecule has 0 saturated carbocycles. The van der Waals surface area contributed by atoms with Gasteiger partial charge in [-0.1, -0.05) is 66.7 Å². The Labute approximate surface area is 213 Å². The Hall–Kier alpha value is -2.76. The number of thioether (sulfide) groups is 1. The number of rotatable bonds is 10. The summed E-state index contributed by atoms with van der Waals surface area (Å²) in [5.41, 5.74) is 1.86. The largest absolute Gasteiger partial charge is 0.454 e. The summed E-state index contributed by atoms with van der Waals surface area (Å²) in [7, 11) is 0. The van der Waals surface area contributed by atoms with Gasteiger partial charge < -0.3 is 14.5 Å². The molecule has 0 radical (unpaired) electrons. The molecule has 1 N–H and O–H groups in total. The van der Waals surface area contributed by atoms with Crippen LogP contribution in [-0.4, -0.2) is 48.5 Å². The van der Waals surface area contributed by atoms with Crippen LogP contribution in [0.2, 0.25) is 0 Å². The average molecular weight is 488 g/mol. The van der Waals surface area contributed by atoms with E-state index in [1.807, 2.05) is 72.4 Å². The van der Waals surface area contributed by atoms with Gasteiger partial charge in [-0.25, -0.2) is 4.79 Å². The molecule has 4 nitrogen and oxygen atoms in total. The second-order valence-electron chi connectivity index (χ2n) is 9.88. The van der Waals surface area contributed by atoms with Gasteiger partial charge in [0.15, 0.2) is 12.1 Å². The zero-order valence-corrected chi connectivity index (χ0v) is 21.0. The van der Waals surface area contributed by atoms with Crippen LogP contribution in [0.4, 0.5) is 5.69 Å². The van der Waals surface area contributed by atoms with Gasteiger partial charge in [-0.2, -0.15) is 0 Å². The zero-order valence-electron chi connectivity index (χ0n) is 20.2. The molecule has 35 heavy (non-hydrogen) atoms. The van der Waals surface area contributed by atoms with Crippen molar-refractivity contribution in [3.8, 4) is 0 Å². The van der Waals surface area contributed by atoms with Crippen LogP contribution in [0.5, 0.6) is 0 Å². The Kier molecular flexibility index (Phi) is 7.75. The number of esters is 1. The Morgan fingerprint density at radius 1 is 0.914 bits per heavy atom. The highest BCUT2D eigenvalue weighted by Gasteiger charge is 2.47. The molecule has 3 aromatic carbocycles. The number of ether oxygens (including phenoxy) is 1. The summed E-state index contributed by atoms with van der Waals surface area (Å²) in [4.78, 5) is 14.9. The van der Waals surface area contributed by atoms with E-state index < -0.39 is 6.04 Å². The van der Waals surface area contributed by atoms with Gasteiger partial charge in [0.1, 0.15) is 6.54 Å². The Morgan fingerprint density at radius 3 is 2.23 bits per heavy atom. The second-order valence-corrected chi connectivity index (χ2v) is 11.0. The molecule has 3 aliphatic rings. The molecule has 0 aromatic heterocycles. The first kappa shape index (κ1) is 24.0. The van der Waals surface area contributed by atoms with Crippen molar-refractivity contribution >= 4 is 23.4 Å². The third-order valence-electron chi connectivity index (χ3n) is 7.55. The van der Waals surface area contributed by atoms with Gasteiger partial charge in [0.25, 0.3) is 0 Å². The quantitative estimate of drug-likeness (QED) is 0.161. The van der Waals surface area contributed by atoms with Crippen LogP contribution in [0.25, 0.3) is 0 Å². The molecule has 6 rings (SSSR count). The maximum Gasteiger partial charge on any atom is 0.333 e. The molecule has 0 unspecified atom stereocenters. The molecule has 5 heteroatoms. The lowest BCUT2D eigenvalue weighted by molar-refractivity contribution is -0.946. The number of benzene rings is 3. The lowest BCUT2D eigenvalue weighted by Gasteiger charge is -2.52. The van der Waals surface area contributed by atoms with Crippen LogP contribution in [0.15, 0.2) is 95.9 Å². The molecule has 0 amide bonds. The summed E-state index contributed by atoms with van der Waals surface area (Å²) in [5.74, 6) is 1.46. The molecule has 3 fully saturated rings. The van der Waals surface area contributed by atoms with E-state index in [-0.39, 0.29) is 12.1 Å². The minimum Gasteiger partial charge on any atom is -0.454 e. The Morgan fingerprint density at radius 2 is 1.54 bits per heavy atom. The predicted molar refractivity (Wildman–Crippen MR) is 143 cm³/mol. The molecule has 3 heterocycles. The molecular weight excluding hydrogens is 452 g/mol. The molecule has 3 aliphatic heterocycles. The van der Waals surface area contributed by atoms with Gasteiger partial charge in [-0.05, 0) is 29.8 Å². The predicted octanol–water partition coefficient (Wildman–Crippen LogP) is 6.17. The number of anilines is 1. The van der Waals surface area contributed by atoms with Gasteiger partial charge in [0, 0.05) is 41.5 Å². The highest BCUT2D eigenvalue weighted by Crippen LogP contribution is 2.37. The number of carbonyl (C=O) groups excluding carboxylic acids is 1. The van der Waals surface area contributed by atoms with Crippen molar-refractivity contribution in [2.24, 2.45) is 5.92 Å². The smallest absolute Gasteiger partial charge is 0.333 e. The summed E-state index contributed by atoms with van der Waals surface area (Å²) in [6.45, 7) is 4.57. The van der Waals surface area contributed by atoms with E-state index in [4.69, 9.17) is 4.74 Å². The van der Waals surface area contributed by atoms with Crippen LogP contribution < -0.4 is 5.32 Å². The van der Waals surface area contributed by atoms with Crippen molar-refractivity contribution in [1.29, 1.82) is 0 Å². The number of nitrogens with one attached hydrogen (secondary N) is 1. The van der Waals surface area contributed by atoms with Gasteiger partial charge >= 0.3 is 5.97 Å². The van der Waals surface area contributed by atoms with E-state index >= 15 is 0 Å². The highest BCUT2D eigenvalue weighted by atomic mass is 32.2. The average Bonchev–Trinajstić information content (AvgIpc) is 2.92. The first-order valence-corrected chi connectivity index (χ1v) is 13.8. The SMILES string of the molecule is O=C(O[C@H]1C[N+]2(CCCSc3ccccc3)CCC1CC2)[C@H](Nc1ccccc1)c1ccccc1. The maximum absolute atomic E-state index is 13.5. The maximum atomic E-state index is 13.5. The number of hydrogen-bond donors (Lipinski definition) is 1. The van der Waals surface area contributed by atoms with E-state index in [1.54, 1.807) is 0 Å². The summed E-state index contributed by atoms with van der Waals surface area (Å²) in [6.07, 6.45) is 3.51. The van der Waals surface area contributed by atoms with Crippen LogP contribution in [0, 0.1) is 5.92 Å². The van der Waals surface area contributed by atoms with E-state index in [9.17, 15) is 4.79 Å². The summed E-state index contributed by atoms with van der Waals surface area (Å²) >= 11 is 1.94. The second kappa shape index (κ2) is 11.3. The van der Waals surface area contributed by atoms with Gasteiger partial charge in [0.05, 0.1) is 19.6 Å². The Balaban J connectivity index is 1.21. The van der Waals surface area contributed by atoms with E-state index in [1.165, 1.54) is 31.0 Å². The normalized spacial score (nSPS) is 24.0. The Bertz CT molecular complexity index is 1070. The fourth-order valence-electron chi connectivity index (χ4n) is 5.62. The minimum atomic E-state index is -0.509. The first-order valence-electron chi connectivity index (χ1n) is 12.8. The van der Waals surface area contributed by atoms with E-state index in [2.05, 4.69) is 35.6 Å². The molecule has 3 saturated heterocycles. The van der Waals surface area contributed by atoms with Crippen LogP contribution in [-0.2, 0) is 9.53 Å². The number of fused-ring (bicyclic) bond motifs is 3. The van der Waals surface area contributed by atoms with Crippen molar-refractivity contribution < 1.29 is 14.0 Å². The lowest BCUT2D eigenvalue weighted by atomic mass is 9.83. The number of quaternary nitrogens is 1. The van der Waals surface area contributed by atoms with Crippen LogP contribution in [0.3, 0.4) is 0 Å². The third-order valence-corrected chi connectivity index (χ3v) is 8.65. The topological polar surface area (TPSA) is 38.3 Å². The fourth-order valence-corrected chi connectivity index (χ4v) is 6.48. The van der Waals surface area contributed by atoms with Gasteiger partial charge in [-0.3, -0.25) is 0 Å². The highest BCUT2D eigenvalue weighted by molar-refractivity contribution is 7.99. The van der Waals surface area contributed by atoms with Gasteiger partial charge in [-0.15, -0.1) is 11.8 Å². The number of piperidine rings is 3. The molecule has 182 valence electrons. The van der Waals surface area contributed by atoms with Crippen molar-refractivity contribution in [1.82, 2.24) is 0 Å². The molecule has 0 aliphatic carbocycles. The van der Waals surface area contributed by atoms with E-state index in [0.29, 0.717) is 5.92 Å². The van der Waals surface area contributed by atoms with Crippen molar-refractivity contribution in [2.75, 3.05) is 37.2 Å². The first-order chi connectivity index (χ1) is 17.2. The summed E-state index contributed by atoms with van der Waals surface area (Å²) in [6, 6.07) is 30.0. The summed E-state index contributed by atoms with van der Waals surface area (Å²) < 4.78 is 7.40. The van der Waals surface area contributed by atoms with Crippen LogP contribution >= 0.6 is 11.8 Å². The van der Waals surface area contributed by atoms with Crippen molar-refractivity contribution in [3.05, 3.63) is 96.6 Å². The van der Waals surface area contributed by atoms with Crippen molar-refractivity contribution in [3.63, 3.8) is 0 Å². The summed E-state index contributed by atoms with van der Waals surface area (Å²) in [5, 5.41) is 3.41. The third kappa shape index (κ3) is 6.09. The molecule has 3 aromatic rings. The number of carbonyl (C=O) groups is 1. The standard InChI is InChI=1S/C30H35N2O2S/c33-30(29(25-11-4-1-5-12-25)31-26-13-6-2-7-14-26)34-28-23-32(20-17-24(28)18-21-32)19-10-22-35-27-15-8-3-9-16-27/h1-9,11-16,24,28-29,31H,10,17-23H2/q+1/t24?,28-,29+,32?/m0/s1. The van der Waals surface area contributed by atoms with Crippen LogP contribution in [0.1, 0.15) is 30.9 Å². The molecule has 2 bridgehead atoms. The molecule has 2 atom stereocenters. The monoisotopic (exact) mass is 487 g/mol. The van der Waals surface area contributed by atoms with Crippen molar-refractivity contribution in [2.45, 2.75) is 36.3 Å². The van der Waals surface area contributed by atoms with E-state index in [0.717, 1.165) is 40.9 Å². The molecule has 0 spiro atoms. The number of nitrogens with zero attached hydrogens (tertiary/aromatic N) is 1. The molecular formula is C30H35N2O2S+. The lowest BCUT2D eigenvalue weighted by Crippen LogP contribution is -2.64. The number of hydrogen-bond acceptors (Lipinski definition) is 4. The zero-order chi connectivity index (χ0) is 23.9. The van der Waals surface area contributed by atoms with Gasteiger partial charge in [0.2, 0.25) is 0 Å².